The second-order valence-electron chi connectivity index (χ2n) is 5.53. The number of benzene rings is 1. The first-order chi connectivity index (χ1) is 7.98. The van der Waals surface area contributed by atoms with Crippen LogP contribution in [0, 0.1) is 5.41 Å². The summed E-state index contributed by atoms with van der Waals surface area (Å²) in [6, 6.07) is 9.78. The minimum absolute atomic E-state index is 0.0394. The zero-order chi connectivity index (χ0) is 12.5. The van der Waals surface area contributed by atoms with Gasteiger partial charge < -0.3 is 10.0 Å². The van der Waals surface area contributed by atoms with Crippen molar-refractivity contribution in [1.82, 2.24) is 4.90 Å². The van der Waals surface area contributed by atoms with E-state index in [-0.39, 0.29) is 11.3 Å². The number of rotatable bonds is 2. The van der Waals surface area contributed by atoms with E-state index in [9.17, 15) is 9.90 Å². The average Bonchev–Trinajstić information content (AvgIpc) is 2.24. The largest absolute Gasteiger partial charge is 0.373 e. The molecule has 1 aromatic rings. The van der Waals surface area contributed by atoms with Gasteiger partial charge in [-0.3, -0.25) is 4.79 Å². The lowest BCUT2D eigenvalue weighted by molar-refractivity contribution is -0.155. The molecule has 1 aromatic carbocycles. The van der Waals surface area contributed by atoms with Gasteiger partial charge in [0, 0.05) is 13.0 Å². The van der Waals surface area contributed by atoms with Crippen LogP contribution in [0.4, 0.5) is 0 Å². The summed E-state index contributed by atoms with van der Waals surface area (Å²) in [6.07, 6.45) is 0.495. The van der Waals surface area contributed by atoms with E-state index in [0.717, 1.165) is 5.56 Å². The molecule has 92 valence electrons. The predicted molar refractivity (Wildman–Crippen MR) is 66.0 cm³/mol. The third-order valence-corrected chi connectivity index (χ3v) is 3.24. The summed E-state index contributed by atoms with van der Waals surface area (Å²) < 4.78 is 0. The molecule has 3 heteroatoms. The van der Waals surface area contributed by atoms with Crippen LogP contribution < -0.4 is 0 Å². The van der Waals surface area contributed by atoms with Crippen molar-refractivity contribution in [1.29, 1.82) is 0 Å². The second-order valence-corrected chi connectivity index (χ2v) is 5.53. The van der Waals surface area contributed by atoms with E-state index in [4.69, 9.17) is 0 Å². The summed E-state index contributed by atoms with van der Waals surface area (Å²) >= 11 is 0. The van der Waals surface area contributed by atoms with E-state index in [0.29, 0.717) is 19.4 Å². The topological polar surface area (TPSA) is 40.5 Å². The molecule has 2 rings (SSSR count). The lowest BCUT2D eigenvalue weighted by Crippen LogP contribution is -2.48. The van der Waals surface area contributed by atoms with E-state index < -0.39 is 6.23 Å². The molecular weight excluding hydrogens is 214 g/mol. The Balaban J connectivity index is 2.09. The maximum atomic E-state index is 12.0. The van der Waals surface area contributed by atoms with Gasteiger partial charge in [0.25, 0.3) is 0 Å². The minimum atomic E-state index is -0.661. The number of hydrogen-bond acceptors (Lipinski definition) is 2. The highest BCUT2D eigenvalue weighted by Gasteiger charge is 2.37. The molecule has 1 atom stereocenters. The molecule has 1 aliphatic rings. The molecule has 1 N–H and O–H groups in total. The van der Waals surface area contributed by atoms with Gasteiger partial charge in [0.05, 0.1) is 0 Å². The fourth-order valence-electron chi connectivity index (χ4n) is 2.33. The van der Waals surface area contributed by atoms with Crippen molar-refractivity contribution in [2.75, 3.05) is 0 Å². The number of aliphatic hydroxyl groups excluding tert-OH is 1. The Hall–Kier alpha value is -1.35. The average molecular weight is 233 g/mol. The van der Waals surface area contributed by atoms with Crippen LogP contribution >= 0.6 is 0 Å². The number of piperidine rings is 1. The molecule has 3 nitrogen and oxygen atoms in total. The molecule has 0 aromatic heterocycles. The van der Waals surface area contributed by atoms with E-state index in [1.54, 1.807) is 4.90 Å². The van der Waals surface area contributed by atoms with Crippen molar-refractivity contribution < 1.29 is 9.90 Å². The summed E-state index contributed by atoms with van der Waals surface area (Å²) in [5.74, 6) is 0.0394. The molecule has 1 saturated heterocycles. The number of aliphatic hydroxyl groups is 1. The van der Waals surface area contributed by atoms with Crippen molar-refractivity contribution in [2.24, 2.45) is 5.41 Å². The zero-order valence-corrected chi connectivity index (χ0v) is 10.4. The van der Waals surface area contributed by atoms with E-state index in [1.807, 2.05) is 44.2 Å². The van der Waals surface area contributed by atoms with Gasteiger partial charge >= 0.3 is 0 Å². The zero-order valence-electron chi connectivity index (χ0n) is 10.4. The molecule has 1 amide bonds. The van der Waals surface area contributed by atoms with Crippen LogP contribution in [0.3, 0.4) is 0 Å². The summed E-state index contributed by atoms with van der Waals surface area (Å²) in [5, 5.41) is 10.0. The van der Waals surface area contributed by atoms with E-state index in [1.165, 1.54) is 0 Å². The van der Waals surface area contributed by atoms with Crippen LogP contribution in [0.25, 0.3) is 0 Å². The van der Waals surface area contributed by atoms with E-state index in [2.05, 4.69) is 0 Å². The summed E-state index contributed by atoms with van der Waals surface area (Å²) in [5.41, 5.74) is 0.962. The molecule has 1 fully saturated rings. The van der Waals surface area contributed by atoms with Gasteiger partial charge in [0.2, 0.25) is 5.91 Å². The number of nitrogens with zero attached hydrogens (tertiary/aromatic N) is 1. The smallest absolute Gasteiger partial charge is 0.225 e. The Bertz CT molecular complexity index is 400. The SMILES string of the molecule is CC1(C)CC(=O)N(Cc2ccccc2)C(O)C1. The molecular formula is C14H19NO2. The molecule has 0 bridgehead atoms. The standard InChI is InChI=1S/C14H19NO2/c1-14(2)8-12(16)15(13(17)9-14)10-11-6-4-3-5-7-11/h3-7,12,16H,8-10H2,1-2H3. The number of hydrogen-bond donors (Lipinski definition) is 1. The lowest BCUT2D eigenvalue weighted by atomic mass is 9.81. The fraction of sp³-hybridized carbons (Fsp3) is 0.500. The highest BCUT2D eigenvalue weighted by Crippen LogP contribution is 2.34. The van der Waals surface area contributed by atoms with Crippen LogP contribution in [-0.2, 0) is 11.3 Å². The molecule has 1 heterocycles. The number of carbonyl (C=O) groups excluding carboxylic acids is 1. The Morgan fingerprint density at radius 1 is 1.35 bits per heavy atom. The van der Waals surface area contributed by atoms with Gasteiger partial charge in [0.15, 0.2) is 0 Å². The molecule has 17 heavy (non-hydrogen) atoms. The molecule has 0 aliphatic carbocycles. The van der Waals surface area contributed by atoms with Crippen LogP contribution in [0.2, 0.25) is 0 Å². The first-order valence-corrected chi connectivity index (χ1v) is 5.99. The Morgan fingerprint density at radius 2 is 2.00 bits per heavy atom. The highest BCUT2D eigenvalue weighted by molar-refractivity contribution is 5.78. The van der Waals surface area contributed by atoms with Crippen molar-refractivity contribution >= 4 is 5.91 Å². The molecule has 0 spiro atoms. The third kappa shape index (κ3) is 2.86. The lowest BCUT2D eigenvalue weighted by Gasteiger charge is -2.40. The maximum Gasteiger partial charge on any atom is 0.225 e. The van der Waals surface area contributed by atoms with Crippen LogP contribution in [0.5, 0.6) is 0 Å². The fourth-order valence-corrected chi connectivity index (χ4v) is 2.33. The summed E-state index contributed by atoms with van der Waals surface area (Å²) in [7, 11) is 0. The second kappa shape index (κ2) is 4.49. The van der Waals surface area contributed by atoms with Gasteiger partial charge in [-0.2, -0.15) is 0 Å². The molecule has 1 aliphatic heterocycles. The van der Waals surface area contributed by atoms with Crippen molar-refractivity contribution in [3.63, 3.8) is 0 Å². The van der Waals surface area contributed by atoms with Crippen LogP contribution in [0.15, 0.2) is 30.3 Å². The van der Waals surface area contributed by atoms with Crippen molar-refractivity contribution in [3.8, 4) is 0 Å². The van der Waals surface area contributed by atoms with Crippen molar-refractivity contribution in [3.05, 3.63) is 35.9 Å². The van der Waals surface area contributed by atoms with Gasteiger partial charge in [0.1, 0.15) is 6.23 Å². The Kier molecular flexibility index (Phi) is 3.20. The van der Waals surface area contributed by atoms with Crippen LogP contribution in [0.1, 0.15) is 32.3 Å². The highest BCUT2D eigenvalue weighted by atomic mass is 16.3. The van der Waals surface area contributed by atoms with Crippen molar-refractivity contribution in [2.45, 2.75) is 39.5 Å². The maximum absolute atomic E-state index is 12.0. The van der Waals surface area contributed by atoms with Crippen LogP contribution in [-0.4, -0.2) is 22.1 Å². The number of carbonyl (C=O) groups is 1. The van der Waals surface area contributed by atoms with Gasteiger partial charge in [-0.05, 0) is 17.4 Å². The molecule has 0 saturated carbocycles. The van der Waals surface area contributed by atoms with Gasteiger partial charge in [-0.25, -0.2) is 0 Å². The molecule has 1 unspecified atom stereocenters. The normalized spacial score (nSPS) is 23.8. The van der Waals surface area contributed by atoms with E-state index >= 15 is 0 Å². The number of likely N-dealkylation sites (tertiary alicyclic amines) is 1. The third-order valence-electron chi connectivity index (χ3n) is 3.24. The first-order valence-electron chi connectivity index (χ1n) is 5.99. The quantitative estimate of drug-likeness (QED) is 0.850. The summed E-state index contributed by atoms with van der Waals surface area (Å²) in [6.45, 7) is 4.54. The molecule has 0 radical (unpaired) electrons. The number of amides is 1. The van der Waals surface area contributed by atoms with Gasteiger partial charge in [-0.1, -0.05) is 44.2 Å². The Morgan fingerprint density at radius 3 is 2.59 bits per heavy atom. The monoisotopic (exact) mass is 233 g/mol. The predicted octanol–water partition coefficient (Wildman–Crippen LogP) is 2.15. The summed E-state index contributed by atoms with van der Waals surface area (Å²) in [4.78, 5) is 13.6. The minimum Gasteiger partial charge on any atom is -0.373 e. The van der Waals surface area contributed by atoms with Gasteiger partial charge in [-0.15, -0.1) is 0 Å². The first kappa shape index (κ1) is 12.1. The Labute approximate surface area is 102 Å².